The van der Waals surface area contributed by atoms with Crippen LogP contribution in [0.15, 0.2) is 72.9 Å². The largest absolute Gasteiger partial charge is 0.472 e. The number of amides is 1. The van der Waals surface area contributed by atoms with Crippen molar-refractivity contribution in [3.8, 4) is 0 Å². The van der Waals surface area contributed by atoms with Crippen LogP contribution >= 0.6 is 7.82 Å². The fourth-order valence-corrected chi connectivity index (χ4v) is 8.81. The van der Waals surface area contributed by atoms with Gasteiger partial charge in [-0.15, -0.1) is 0 Å². The Kier molecular flexibility index (Phi) is 53.4. The average Bonchev–Trinajstić information content (AvgIpc) is 3.37. The first kappa shape index (κ1) is 69.0. The molecule has 1 amide bonds. The smallest absolute Gasteiger partial charge is 0.462 e. The molecule has 1 unspecified atom stereocenters. The summed E-state index contributed by atoms with van der Waals surface area (Å²) in [4.78, 5) is 48.2. The summed E-state index contributed by atoms with van der Waals surface area (Å²) >= 11 is 0. The van der Waals surface area contributed by atoms with E-state index in [1.165, 1.54) is 135 Å². The SMILES string of the molecule is CC/C=C\C/C=C\C/C=C\C/C=C\C/C=C\C/C=C\CCC(=O)O[C@H](COC(=O)CCCCCCCCCCCCCCC)COP(=O)(O)OCCNC(=O)CCCCCCCCCCCCCCCCC. The fraction of sp³-hybridized carbons (Fsp3) is 0.754. The molecule has 416 valence electrons. The van der Waals surface area contributed by atoms with E-state index in [-0.39, 0.29) is 38.5 Å². The number of phosphoric acid groups is 1. The molecule has 0 aliphatic heterocycles. The Morgan fingerprint density at radius 1 is 0.444 bits per heavy atom. The van der Waals surface area contributed by atoms with Crippen molar-refractivity contribution in [1.82, 2.24) is 5.32 Å². The number of hydrogen-bond acceptors (Lipinski definition) is 8. The maximum absolute atomic E-state index is 12.8. The van der Waals surface area contributed by atoms with E-state index in [1.54, 1.807) is 0 Å². The van der Waals surface area contributed by atoms with Gasteiger partial charge in [0.25, 0.3) is 0 Å². The molecule has 0 aromatic rings. The second kappa shape index (κ2) is 55.7. The minimum Gasteiger partial charge on any atom is -0.462 e. The van der Waals surface area contributed by atoms with E-state index in [1.807, 2.05) is 12.2 Å². The van der Waals surface area contributed by atoms with E-state index in [0.29, 0.717) is 19.3 Å². The molecule has 72 heavy (non-hydrogen) atoms. The standard InChI is InChI=1S/C61H108NO9P/c1-4-7-10-13-16-19-22-25-27-28-29-30-32-35-38-41-44-47-50-53-61(65)71-58(56-68-60(64)52-49-46-43-40-37-33-24-21-18-15-12-9-6-3)57-70-72(66,67)69-55-54-62-59(63)51-48-45-42-39-36-34-31-26-23-20-17-14-11-8-5-2/h7,10,16,19,25,27,29-30,35,38,44,47,58H,4-6,8-9,11-15,17-18,20-24,26,28,31-34,36-37,39-43,45-46,48-57H2,1-3H3,(H,62,63)(H,66,67)/b10-7-,19-16-,27-25-,30-29-,38-35-,47-44-/t58-/m1/s1. The zero-order chi connectivity index (χ0) is 52.5. The minimum atomic E-state index is -4.56. The lowest BCUT2D eigenvalue weighted by molar-refractivity contribution is -0.161. The third-order valence-electron chi connectivity index (χ3n) is 12.4. The molecule has 0 fully saturated rings. The van der Waals surface area contributed by atoms with Crippen molar-refractivity contribution in [2.45, 2.75) is 271 Å². The van der Waals surface area contributed by atoms with Crippen molar-refractivity contribution in [3.05, 3.63) is 72.9 Å². The third-order valence-corrected chi connectivity index (χ3v) is 13.4. The Balaban J connectivity index is 4.61. The molecule has 0 aromatic heterocycles. The molecule has 0 heterocycles. The number of carbonyl (C=O) groups is 3. The maximum Gasteiger partial charge on any atom is 0.472 e. The van der Waals surface area contributed by atoms with Crippen LogP contribution in [-0.2, 0) is 37.5 Å². The molecule has 0 aromatic carbocycles. The quantitative estimate of drug-likeness (QED) is 0.0264. The molecule has 0 aliphatic carbocycles. The van der Waals surface area contributed by atoms with Crippen molar-refractivity contribution in [3.63, 3.8) is 0 Å². The lowest BCUT2D eigenvalue weighted by atomic mass is 10.0. The molecule has 2 atom stereocenters. The number of carbonyl (C=O) groups excluding carboxylic acids is 3. The van der Waals surface area contributed by atoms with Gasteiger partial charge >= 0.3 is 19.8 Å². The Hall–Kier alpha value is -3.04. The van der Waals surface area contributed by atoms with Crippen molar-refractivity contribution in [2.24, 2.45) is 0 Å². The molecular formula is C61H108NO9P. The van der Waals surface area contributed by atoms with Gasteiger partial charge < -0.3 is 19.7 Å². The Morgan fingerprint density at radius 2 is 0.819 bits per heavy atom. The normalized spacial score (nSPS) is 13.4. The van der Waals surface area contributed by atoms with Crippen LogP contribution in [0, 0.1) is 0 Å². The first-order valence-corrected chi connectivity index (χ1v) is 30.9. The summed E-state index contributed by atoms with van der Waals surface area (Å²) in [6, 6.07) is 0. The predicted molar refractivity (Wildman–Crippen MR) is 303 cm³/mol. The van der Waals surface area contributed by atoms with Gasteiger partial charge in [0.1, 0.15) is 6.61 Å². The summed E-state index contributed by atoms with van der Waals surface area (Å²) < 4.78 is 34.1. The first-order valence-electron chi connectivity index (χ1n) is 29.4. The van der Waals surface area contributed by atoms with E-state index < -0.39 is 32.5 Å². The number of unbranched alkanes of at least 4 members (excludes halogenated alkanes) is 26. The van der Waals surface area contributed by atoms with Gasteiger partial charge in [-0.25, -0.2) is 4.57 Å². The number of rotatable bonds is 54. The van der Waals surface area contributed by atoms with Crippen molar-refractivity contribution in [1.29, 1.82) is 0 Å². The van der Waals surface area contributed by atoms with E-state index in [0.717, 1.165) is 77.0 Å². The van der Waals surface area contributed by atoms with Crippen molar-refractivity contribution >= 4 is 25.7 Å². The van der Waals surface area contributed by atoms with Crippen LogP contribution in [0.5, 0.6) is 0 Å². The van der Waals surface area contributed by atoms with Crippen LogP contribution < -0.4 is 5.32 Å². The molecule has 0 saturated heterocycles. The topological polar surface area (TPSA) is 137 Å². The summed E-state index contributed by atoms with van der Waals surface area (Å²) in [7, 11) is -4.56. The van der Waals surface area contributed by atoms with Crippen LogP contribution in [0.25, 0.3) is 0 Å². The summed E-state index contributed by atoms with van der Waals surface area (Å²) in [5, 5.41) is 2.74. The summed E-state index contributed by atoms with van der Waals surface area (Å²) in [5.74, 6) is -1.08. The van der Waals surface area contributed by atoms with Gasteiger partial charge in [-0.3, -0.25) is 23.4 Å². The number of hydrogen-bond donors (Lipinski definition) is 2. The number of esters is 2. The molecule has 0 saturated carbocycles. The molecule has 0 spiro atoms. The monoisotopic (exact) mass is 1030 g/mol. The average molecular weight is 1030 g/mol. The van der Waals surface area contributed by atoms with Gasteiger partial charge in [0.15, 0.2) is 6.10 Å². The summed E-state index contributed by atoms with van der Waals surface area (Å²) in [5.41, 5.74) is 0. The molecule has 0 bridgehead atoms. The van der Waals surface area contributed by atoms with Crippen molar-refractivity contribution < 1.29 is 42.4 Å². The highest BCUT2D eigenvalue weighted by atomic mass is 31.2. The number of phosphoric ester groups is 1. The zero-order valence-electron chi connectivity index (χ0n) is 46.4. The lowest BCUT2D eigenvalue weighted by Gasteiger charge is -2.20. The van der Waals surface area contributed by atoms with Gasteiger partial charge in [0.2, 0.25) is 5.91 Å². The molecule has 0 aliphatic rings. The third kappa shape index (κ3) is 54.7. The molecule has 0 rings (SSSR count). The van der Waals surface area contributed by atoms with Gasteiger partial charge in [0.05, 0.1) is 13.2 Å². The van der Waals surface area contributed by atoms with E-state index in [4.69, 9.17) is 18.5 Å². The van der Waals surface area contributed by atoms with Crippen LogP contribution in [0.1, 0.15) is 265 Å². The Labute approximate surface area is 441 Å². The van der Waals surface area contributed by atoms with E-state index >= 15 is 0 Å². The molecule has 2 N–H and O–H groups in total. The van der Waals surface area contributed by atoms with Gasteiger partial charge in [-0.05, 0) is 57.8 Å². The van der Waals surface area contributed by atoms with Gasteiger partial charge in [-0.2, -0.15) is 0 Å². The van der Waals surface area contributed by atoms with Crippen LogP contribution in [-0.4, -0.2) is 55.2 Å². The summed E-state index contributed by atoms with van der Waals surface area (Å²) in [6.45, 7) is 5.65. The molecule has 11 heteroatoms. The predicted octanol–water partition coefficient (Wildman–Crippen LogP) is 17.9. The van der Waals surface area contributed by atoms with Crippen LogP contribution in [0.4, 0.5) is 0 Å². The minimum absolute atomic E-state index is 0.0509. The Bertz CT molecular complexity index is 1470. The maximum atomic E-state index is 12.8. The number of ether oxygens (including phenoxy) is 2. The van der Waals surface area contributed by atoms with Gasteiger partial charge in [-0.1, -0.05) is 261 Å². The molecule has 10 nitrogen and oxygen atoms in total. The number of nitrogens with one attached hydrogen (secondary N) is 1. The molecular weight excluding hydrogens is 922 g/mol. The lowest BCUT2D eigenvalue weighted by Crippen LogP contribution is -2.30. The number of allylic oxidation sites excluding steroid dienone is 12. The molecule has 0 radical (unpaired) electrons. The Morgan fingerprint density at radius 3 is 1.24 bits per heavy atom. The second-order valence-corrected chi connectivity index (χ2v) is 20.8. The van der Waals surface area contributed by atoms with Gasteiger partial charge in [0, 0.05) is 25.8 Å². The van der Waals surface area contributed by atoms with Crippen LogP contribution in [0.3, 0.4) is 0 Å². The summed E-state index contributed by atoms with van der Waals surface area (Å²) in [6.07, 6.45) is 65.7. The highest BCUT2D eigenvalue weighted by molar-refractivity contribution is 7.47. The second-order valence-electron chi connectivity index (χ2n) is 19.4. The highest BCUT2D eigenvalue weighted by Crippen LogP contribution is 2.43. The fourth-order valence-electron chi connectivity index (χ4n) is 8.06. The first-order chi connectivity index (χ1) is 35.2. The van der Waals surface area contributed by atoms with Crippen molar-refractivity contribution in [2.75, 3.05) is 26.4 Å². The van der Waals surface area contributed by atoms with E-state index in [9.17, 15) is 23.8 Å². The van der Waals surface area contributed by atoms with Crippen LogP contribution in [0.2, 0.25) is 0 Å². The highest BCUT2D eigenvalue weighted by Gasteiger charge is 2.26. The van der Waals surface area contributed by atoms with E-state index in [2.05, 4.69) is 86.8 Å². The zero-order valence-corrected chi connectivity index (χ0v) is 47.3.